The first-order valence-corrected chi connectivity index (χ1v) is 7.37. The van der Waals surface area contributed by atoms with E-state index in [4.69, 9.17) is 14.7 Å². The van der Waals surface area contributed by atoms with E-state index in [0.717, 1.165) is 5.69 Å². The number of benzene rings is 1. The van der Waals surface area contributed by atoms with Crippen LogP contribution in [-0.2, 0) is 4.74 Å². The van der Waals surface area contributed by atoms with Gasteiger partial charge in [-0.1, -0.05) is 13.8 Å². The third-order valence-corrected chi connectivity index (χ3v) is 3.35. The first-order chi connectivity index (χ1) is 11.0. The summed E-state index contributed by atoms with van der Waals surface area (Å²) in [7, 11) is 1.55. The van der Waals surface area contributed by atoms with Crippen molar-refractivity contribution in [3.05, 3.63) is 41.2 Å². The molecule has 1 aromatic carbocycles. The summed E-state index contributed by atoms with van der Waals surface area (Å²) in [6, 6.07) is 8.88. The summed E-state index contributed by atoms with van der Waals surface area (Å²) >= 11 is 0. The van der Waals surface area contributed by atoms with Crippen molar-refractivity contribution in [1.29, 1.82) is 5.26 Å². The van der Waals surface area contributed by atoms with Gasteiger partial charge >= 0.3 is 5.97 Å². The average Bonchev–Trinajstić information content (AvgIpc) is 3.00. The maximum atomic E-state index is 12.0. The SMILES string of the molecule is CCOC(=O)c1cc(C(C)C)n(-c2cc(C#N)ccc2OC)n1. The number of rotatable bonds is 5. The lowest BCUT2D eigenvalue weighted by Crippen LogP contribution is -2.08. The monoisotopic (exact) mass is 313 g/mol. The minimum absolute atomic E-state index is 0.126. The predicted molar refractivity (Wildman–Crippen MR) is 84.9 cm³/mol. The van der Waals surface area contributed by atoms with Crippen LogP contribution in [0.4, 0.5) is 0 Å². The Balaban J connectivity index is 2.62. The van der Waals surface area contributed by atoms with Crippen LogP contribution in [0.2, 0.25) is 0 Å². The van der Waals surface area contributed by atoms with Crippen LogP contribution in [0.25, 0.3) is 5.69 Å². The lowest BCUT2D eigenvalue weighted by atomic mass is 10.1. The van der Waals surface area contributed by atoms with Gasteiger partial charge in [-0.2, -0.15) is 10.4 Å². The second-order valence-corrected chi connectivity index (χ2v) is 5.24. The molecule has 2 rings (SSSR count). The Bertz CT molecular complexity index is 757. The minimum atomic E-state index is -0.469. The number of nitriles is 1. The van der Waals surface area contributed by atoms with Gasteiger partial charge in [-0.05, 0) is 37.1 Å². The molecule has 0 aliphatic rings. The number of ether oxygens (including phenoxy) is 2. The molecular weight excluding hydrogens is 294 g/mol. The van der Waals surface area contributed by atoms with Crippen LogP contribution in [0, 0.1) is 11.3 Å². The minimum Gasteiger partial charge on any atom is -0.494 e. The molecule has 1 heterocycles. The molecule has 0 spiro atoms. The van der Waals surface area contributed by atoms with E-state index >= 15 is 0 Å². The van der Waals surface area contributed by atoms with Gasteiger partial charge in [-0.3, -0.25) is 0 Å². The first-order valence-electron chi connectivity index (χ1n) is 7.37. The Hall–Kier alpha value is -2.81. The van der Waals surface area contributed by atoms with E-state index in [1.54, 1.807) is 43.0 Å². The maximum Gasteiger partial charge on any atom is 0.358 e. The molecule has 0 aliphatic carbocycles. The van der Waals surface area contributed by atoms with E-state index in [1.165, 1.54) is 0 Å². The maximum absolute atomic E-state index is 12.0. The summed E-state index contributed by atoms with van der Waals surface area (Å²) in [5.41, 5.74) is 2.18. The van der Waals surface area contributed by atoms with E-state index < -0.39 is 5.97 Å². The van der Waals surface area contributed by atoms with Gasteiger partial charge in [0, 0.05) is 5.69 Å². The summed E-state index contributed by atoms with van der Waals surface area (Å²) in [6.45, 7) is 6.04. The van der Waals surface area contributed by atoms with Crippen molar-refractivity contribution in [1.82, 2.24) is 9.78 Å². The standard InChI is InChI=1S/C17H19N3O3/c1-5-23-17(21)13-9-14(11(2)3)20(19-13)15-8-12(10-18)6-7-16(15)22-4/h6-9,11H,5H2,1-4H3. The highest BCUT2D eigenvalue weighted by molar-refractivity contribution is 5.87. The topological polar surface area (TPSA) is 77.1 Å². The Morgan fingerprint density at radius 3 is 2.70 bits per heavy atom. The fourth-order valence-electron chi connectivity index (χ4n) is 2.23. The summed E-state index contributed by atoms with van der Waals surface area (Å²) in [5, 5.41) is 13.5. The number of esters is 1. The van der Waals surface area contributed by atoms with Crippen molar-refractivity contribution in [2.75, 3.05) is 13.7 Å². The van der Waals surface area contributed by atoms with Crippen LogP contribution >= 0.6 is 0 Å². The lowest BCUT2D eigenvalue weighted by molar-refractivity contribution is 0.0519. The van der Waals surface area contributed by atoms with E-state index in [2.05, 4.69) is 11.2 Å². The van der Waals surface area contributed by atoms with Crippen molar-refractivity contribution in [3.63, 3.8) is 0 Å². The highest BCUT2D eigenvalue weighted by Gasteiger charge is 2.20. The van der Waals surface area contributed by atoms with Gasteiger partial charge in [0.15, 0.2) is 5.69 Å². The Morgan fingerprint density at radius 2 is 2.13 bits per heavy atom. The molecule has 2 aromatic rings. The fraction of sp³-hybridized carbons (Fsp3) is 0.353. The number of hydrogen-bond donors (Lipinski definition) is 0. The number of aromatic nitrogens is 2. The number of carbonyl (C=O) groups is 1. The van der Waals surface area contributed by atoms with Crippen LogP contribution in [0.3, 0.4) is 0 Å². The molecule has 0 saturated heterocycles. The molecule has 6 heteroatoms. The molecule has 0 fully saturated rings. The van der Waals surface area contributed by atoms with Gasteiger partial charge in [0.1, 0.15) is 11.4 Å². The van der Waals surface area contributed by atoms with E-state index in [0.29, 0.717) is 17.0 Å². The molecule has 0 unspecified atom stereocenters. The average molecular weight is 313 g/mol. The van der Waals surface area contributed by atoms with Gasteiger partial charge in [0.05, 0.1) is 25.3 Å². The van der Waals surface area contributed by atoms with Crippen molar-refractivity contribution >= 4 is 5.97 Å². The van der Waals surface area contributed by atoms with Crippen molar-refractivity contribution < 1.29 is 14.3 Å². The number of methoxy groups -OCH3 is 1. The van der Waals surface area contributed by atoms with Gasteiger partial charge < -0.3 is 9.47 Å². The van der Waals surface area contributed by atoms with Crippen LogP contribution in [0.5, 0.6) is 5.75 Å². The molecule has 120 valence electrons. The van der Waals surface area contributed by atoms with Crippen LogP contribution in [-0.4, -0.2) is 29.5 Å². The fourth-order valence-corrected chi connectivity index (χ4v) is 2.23. The quantitative estimate of drug-likeness (QED) is 0.793. The summed E-state index contributed by atoms with van der Waals surface area (Å²) in [5.74, 6) is 0.231. The lowest BCUT2D eigenvalue weighted by Gasteiger charge is -2.13. The summed E-state index contributed by atoms with van der Waals surface area (Å²) < 4.78 is 12.0. The van der Waals surface area contributed by atoms with Gasteiger partial charge in [0.25, 0.3) is 0 Å². The zero-order valence-electron chi connectivity index (χ0n) is 13.7. The predicted octanol–water partition coefficient (Wildman–Crippen LogP) is 3.05. The smallest absolute Gasteiger partial charge is 0.358 e. The molecule has 0 N–H and O–H groups in total. The van der Waals surface area contributed by atoms with E-state index in [-0.39, 0.29) is 18.2 Å². The highest BCUT2D eigenvalue weighted by Crippen LogP contribution is 2.28. The Labute approximate surface area is 135 Å². The first kappa shape index (κ1) is 16.6. The van der Waals surface area contributed by atoms with Crippen molar-refractivity contribution in [2.45, 2.75) is 26.7 Å². The summed E-state index contributed by atoms with van der Waals surface area (Å²) in [4.78, 5) is 12.0. The molecule has 1 aromatic heterocycles. The number of nitrogens with zero attached hydrogens (tertiary/aromatic N) is 3. The van der Waals surface area contributed by atoms with Crippen LogP contribution in [0.15, 0.2) is 24.3 Å². The molecular formula is C17H19N3O3. The van der Waals surface area contributed by atoms with Gasteiger partial charge in [-0.25, -0.2) is 9.48 Å². The van der Waals surface area contributed by atoms with Crippen LogP contribution in [0.1, 0.15) is 48.4 Å². The summed E-state index contributed by atoms with van der Waals surface area (Å²) in [6.07, 6.45) is 0. The Kier molecular flexibility index (Phi) is 5.02. The molecule has 0 radical (unpaired) electrons. The largest absolute Gasteiger partial charge is 0.494 e. The normalized spacial score (nSPS) is 10.4. The van der Waals surface area contributed by atoms with Crippen LogP contribution < -0.4 is 4.74 Å². The third-order valence-electron chi connectivity index (χ3n) is 3.35. The van der Waals surface area contributed by atoms with E-state index in [9.17, 15) is 4.79 Å². The molecule has 0 atom stereocenters. The zero-order valence-corrected chi connectivity index (χ0v) is 13.7. The molecule has 6 nitrogen and oxygen atoms in total. The molecule has 23 heavy (non-hydrogen) atoms. The molecule has 0 bridgehead atoms. The molecule has 0 aliphatic heterocycles. The van der Waals surface area contributed by atoms with Gasteiger partial charge in [-0.15, -0.1) is 0 Å². The highest BCUT2D eigenvalue weighted by atomic mass is 16.5. The van der Waals surface area contributed by atoms with Gasteiger partial charge in [0.2, 0.25) is 0 Å². The van der Waals surface area contributed by atoms with Crippen molar-refractivity contribution in [3.8, 4) is 17.5 Å². The Morgan fingerprint density at radius 1 is 1.39 bits per heavy atom. The molecule has 0 saturated carbocycles. The van der Waals surface area contributed by atoms with E-state index in [1.807, 2.05) is 13.8 Å². The number of carbonyl (C=O) groups excluding carboxylic acids is 1. The zero-order chi connectivity index (χ0) is 17.0. The second-order valence-electron chi connectivity index (χ2n) is 5.24. The third kappa shape index (κ3) is 3.34. The number of hydrogen-bond acceptors (Lipinski definition) is 5. The van der Waals surface area contributed by atoms with Crippen molar-refractivity contribution in [2.24, 2.45) is 0 Å². The second kappa shape index (κ2) is 6.97. The molecule has 0 amide bonds.